The van der Waals surface area contributed by atoms with Crippen LogP contribution in [0.5, 0.6) is 0 Å². The molecule has 0 unspecified atom stereocenters. The lowest BCUT2D eigenvalue weighted by atomic mass is 10.1. The molecule has 9 heteroatoms. The van der Waals surface area contributed by atoms with E-state index in [9.17, 15) is 17.6 Å². The van der Waals surface area contributed by atoms with Gasteiger partial charge in [-0.1, -0.05) is 12.1 Å². The number of fused-ring (bicyclic) bond motifs is 1. The fourth-order valence-electron chi connectivity index (χ4n) is 2.19. The molecule has 1 aliphatic rings. The molecule has 3 N–H and O–H groups in total. The highest BCUT2D eigenvalue weighted by Crippen LogP contribution is 2.32. The first-order chi connectivity index (χ1) is 10.8. The van der Waals surface area contributed by atoms with Crippen LogP contribution in [0.3, 0.4) is 0 Å². The van der Waals surface area contributed by atoms with E-state index in [2.05, 4.69) is 31.3 Å². The molecule has 23 heavy (non-hydrogen) atoms. The first-order valence-corrected chi connectivity index (χ1v) is 8.94. The fourth-order valence-corrected chi connectivity index (χ4v) is 3.83. The molecule has 0 bridgehead atoms. The van der Waals surface area contributed by atoms with Crippen LogP contribution in [0, 0.1) is 5.82 Å². The Morgan fingerprint density at radius 1 is 1.22 bits per heavy atom. The number of anilines is 3. The van der Waals surface area contributed by atoms with Gasteiger partial charge in [0.25, 0.3) is 0 Å². The van der Waals surface area contributed by atoms with Crippen LogP contribution < -0.4 is 15.4 Å². The molecular weight excluding hydrogens is 389 g/mol. The number of halogens is 2. The topological polar surface area (TPSA) is 87.3 Å². The van der Waals surface area contributed by atoms with Crippen molar-refractivity contribution < 1.29 is 17.6 Å². The van der Waals surface area contributed by atoms with Crippen molar-refractivity contribution in [3.8, 4) is 0 Å². The number of benzene rings is 2. The molecule has 1 aliphatic heterocycles. The van der Waals surface area contributed by atoms with Crippen molar-refractivity contribution in [2.75, 3.05) is 15.4 Å². The molecule has 0 spiro atoms. The number of rotatable bonds is 2. The average Bonchev–Trinajstić information content (AvgIpc) is 2.76. The number of nitrogens with one attached hydrogen (secondary N) is 3. The molecule has 3 rings (SSSR count). The summed E-state index contributed by atoms with van der Waals surface area (Å²) in [5.74, 6) is -1.09. The lowest BCUT2D eigenvalue weighted by Crippen LogP contribution is -2.19. The van der Waals surface area contributed by atoms with Gasteiger partial charge in [0.1, 0.15) is 5.82 Å². The number of amides is 2. The Balaban J connectivity index is 1.78. The van der Waals surface area contributed by atoms with Crippen molar-refractivity contribution in [1.29, 1.82) is 0 Å². The summed E-state index contributed by atoms with van der Waals surface area (Å²) in [5, 5.41) is 5.07. The monoisotopic (exact) mass is 399 g/mol. The largest absolute Gasteiger partial charge is 0.323 e. The molecule has 0 aromatic heterocycles. The van der Waals surface area contributed by atoms with Crippen LogP contribution in [0.25, 0.3) is 0 Å². The number of para-hydroxylation sites is 1. The Kier molecular flexibility index (Phi) is 3.99. The highest BCUT2D eigenvalue weighted by molar-refractivity contribution is 9.10. The van der Waals surface area contributed by atoms with E-state index in [1.54, 1.807) is 24.3 Å². The van der Waals surface area contributed by atoms with Gasteiger partial charge in [0.2, 0.25) is 10.0 Å². The summed E-state index contributed by atoms with van der Waals surface area (Å²) in [6, 6.07) is 8.90. The Labute approximate surface area is 140 Å². The van der Waals surface area contributed by atoms with E-state index in [1.807, 2.05) is 0 Å². The van der Waals surface area contributed by atoms with Crippen LogP contribution in [0.15, 0.2) is 40.9 Å². The van der Waals surface area contributed by atoms with Gasteiger partial charge in [-0.05, 0) is 40.2 Å². The summed E-state index contributed by atoms with van der Waals surface area (Å²) in [5.41, 5.74) is 0.908. The predicted molar refractivity (Wildman–Crippen MR) is 89.4 cm³/mol. The van der Waals surface area contributed by atoms with Crippen molar-refractivity contribution in [2.24, 2.45) is 0 Å². The van der Waals surface area contributed by atoms with E-state index < -0.39 is 27.6 Å². The lowest BCUT2D eigenvalue weighted by Gasteiger charge is -2.10. The van der Waals surface area contributed by atoms with Crippen molar-refractivity contribution in [1.82, 2.24) is 0 Å². The molecule has 0 fully saturated rings. The Morgan fingerprint density at radius 3 is 2.70 bits per heavy atom. The molecule has 0 radical (unpaired) electrons. The number of hydrogen-bond donors (Lipinski definition) is 3. The Bertz CT molecular complexity index is 902. The minimum Gasteiger partial charge on any atom is -0.308 e. The summed E-state index contributed by atoms with van der Waals surface area (Å²) in [6.07, 6.45) is 0. The SMILES string of the molecule is O=C(Nc1cc(F)c2c(c1)NS(=O)(=O)C2)Nc1ccccc1Br. The number of carbonyl (C=O) groups is 1. The van der Waals surface area contributed by atoms with Gasteiger partial charge in [0, 0.05) is 15.7 Å². The highest BCUT2D eigenvalue weighted by atomic mass is 79.9. The molecule has 6 nitrogen and oxygen atoms in total. The molecule has 2 amide bonds. The first kappa shape index (κ1) is 15.8. The summed E-state index contributed by atoms with van der Waals surface area (Å²) in [6.45, 7) is 0. The zero-order chi connectivity index (χ0) is 16.6. The number of carbonyl (C=O) groups excluding carboxylic acids is 1. The smallest absolute Gasteiger partial charge is 0.308 e. The third-order valence-electron chi connectivity index (χ3n) is 3.18. The molecule has 1 heterocycles. The zero-order valence-corrected chi connectivity index (χ0v) is 14.0. The van der Waals surface area contributed by atoms with Gasteiger partial charge in [0.15, 0.2) is 0 Å². The standard InChI is InChI=1S/C14H11BrFN3O3S/c15-10-3-1-2-4-12(10)18-14(20)17-8-5-11(16)9-7-23(21,22)19-13(9)6-8/h1-6,19H,7H2,(H2,17,18,20). The summed E-state index contributed by atoms with van der Waals surface area (Å²) in [7, 11) is -3.55. The fraction of sp³-hybridized carbons (Fsp3) is 0.0714. The van der Waals surface area contributed by atoms with Crippen LogP contribution in [0.2, 0.25) is 0 Å². The van der Waals surface area contributed by atoms with Gasteiger partial charge in [-0.2, -0.15) is 0 Å². The number of sulfonamides is 1. The van der Waals surface area contributed by atoms with Crippen molar-refractivity contribution in [2.45, 2.75) is 5.75 Å². The highest BCUT2D eigenvalue weighted by Gasteiger charge is 2.27. The van der Waals surface area contributed by atoms with E-state index >= 15 is 0 Å². The van der Waals surface area contributed by atoms with Gasteiger partial charge in [-0.3, -0.25) is 4.72 Å². The lowest BCUT2D eigenvalue weighted by molar-refractivity contribution is 0.262. The van der Waals surface area contributed by atoms with Gasteiger partial charge >= 0.3 is 6.03 Å². The van der Waals surface area contributed by atoms with Crippen molar-refractivity contribution >= 4 is 49.0 Å². The molecule has 2 aromatic carbocycles. The molecule has 0 saturated heterocycles. The maximum absolute atomic E-state index is 14.0. The van der Waals surface area contributed by atoms with Crippen LogP contribution in [-0.4, -0.2) is 14.4 Å². The first-order valence-electron chi connectivity index (χ1n) is 6.49. The van der Waals surface area contributed by atoms with Gasteiger partial charge < -0.3 is 10.6 Å². The second-order valence-electron chi connectivity index (χ2n) is 4.90. The maximum atomic E-state index is 14.0. The van der Waals surface area contributed by atoms with E-state index in [1.165, 1.54) is 6.07 Å². The average molecular weight is 400 g/mol. The number of hydrogen-bond acceptors (Lipinski definition) is 3. The summed E-state index contributed by atoms with van der Waals surface area (Å²) < 4.78 is 39.8. The third kappa shape index (κ3) is 3.45. The van der Waals surface area contributed by atoms with E-state index in [-0.39, 0.29) is 16.9 Å². The van der Waals surface area contributed by atoms with E-state index in [0.717, 1.165) is 6.07 Å². The second kappa shape index (κ2) is 5.82. The van der Waals surface area contributed by atoms with Crippen LogP contribution in [0.1, 0.15) is 5.56 Å². The Morgan fingerprint density at radius 2 is 1.96 bits per heavy atom. The molecule has 2 aromatic rings. The van der Waals surface area contributed by atoms with Crippen molar-refractivity contribution in [3.63, 3.8) is 0 Å². The zero-order valence-electron chi connectivity index (χ0n) is 11.6. The van der Waals surface area contributed by atoms with E-state index in [0.29, 0.717) is 10.2 Å². The molecule has 0 aliphatic carbocycles. The van der Waals surface area contributed by atoms with Gasteiger partial charge in [0.05, 0.1) is 17.1 Å². The molecule has 0 saturated carbocycles. The quantitative estimate of drug-likeness (QED) is 0.721. The maximum Gasteiger partial charge on any atom is 0.323 e. The normalized spacial score (nSPS) is 14.7. The van der Waals surface area contributed by atoms with Gasteiger partial charge in [-0.15, -0.1) is 0 Å². The second-order valence-corrected chi connectivity index (χ2v) is 7.48. The van der Waals surface area contributed by atoms with Crippen LogP contribution in [0.4, 0.5) is 26.2 Å². The summed E-state index contributed by atoms with van der Waals surface area (Å²) >= 11 is 3.30. The minimum absolute atomic E-state index is 0.0711. The van der Waals surface area contributed by atoms with E-state index in [4.69, 9.17) is 0 Å². The van der Waals surface area contributed by atoms with Crippen molar-refractivity contribution in [3.05, 3.63) is 52.3 Å². The third-order valence-corrected chi connectivity index (χ3v) is 5.07. The molecule has 120 valence electrons. The van der Waals surface area contributed by atoms with Crippen LogP contribution >= 0.6 is 15.9 Å². The van der Waals surface area contributed by atoms with Gasteiger partial charge in [-0.25, -0.2) is 17.6 Å². The number of urea groups is 1. The molecule has 0 atom stereocenters. The molecular formula is C14H11BrFN3O3S. The Hall–Kier alpha value is -2.13. The van der Waals surface area contributed by atoms with Crippen LogP contribution in [-0.2, 0) is 15.8 Å². The summed E-state index contributed by atoms with van der Waals surface area (Å²) in [4.78, 5) is 12.0. The minimum atomic E-state index is -3.55. The predicted octanol–water partition coefficient (Wildman–Crippen LogP) is 3.49.